The highest BCUT2D eigenvalue weighted by Crippen LogP contribution is 2.33. The summed E-state index contributed by atoms with van der Waals surface area (Å²) < 4.78 is 21.1. The van der Waals surface area contributed by atoms with E-state index >= 15 is 0 Å². The molecule has 2 rings (SSSR count). The van der Waals surface area contributed by atoms with Crippen LogP contribution in [0.1, 0.15) is 58.8 Å². The third kappa shape index (κ3) is 7.00. The minimum Gasteiger partial charge on any atom is -0.504 e. The van der Waals surface area contributed by atoms with Crippen molar-refractivity contribution >= 4 is 16.9 Å². The zero-order chi connectivity index (χ0) is 21.1. The minimum absolute atomic E-state index is 0.119. The number of hydrogen-bond donors (Lipinski definition) is 1. The molecule has 0 spiro atoms. The second kappa shape index (κ2) is 12.0. The first-order valence-electron chi connectivity index (χ1n) is 10.3. The van der Waals surface area contributed by atoms with Gasteiger partial charge in [-0.15, -0.1) is 0 Å². The lowest BCUT2D eigenvalue weighted by atomic mass is 10.1. The van der Waals surface area contributed by atoms with Crippen LogP contribution in [0.25, 0.3) is 11.0 Å². The van der Waals surface area contributed by atoms with Gasteiger partial charge in [-0.2, -0.15) is 0 Å². The number of ether oxygens (including phenoxy) is 3. The van der Waals surface area contributed by atoms with E-state index in [1.54, 1.807) is 19.1 Å². The average molecular weight is 406 g/mol. The van der Waals surface area contributed by atoms with Crippen LogP contribution >= 0.6 is 0 Å². The third-order valence-electron chi connectivity index (χ3n) is 4.43. The molecule has 0 atom stereocenters. The summed E-state index contributed by atoms with van der Waals surface area (Å²) in [5.74, 6) is -0.354. The van der Waals surface area contributed by atoms with Crippen molar-refractivity contribution in [2.75, 3.05) is 19.8 Å². The molecule has 1 aromatic carbocycles. The molecule has 0 aliphatic rings. The average Bonchev–Trinajstić information content (AvgIpc) is 2.70. The van der Waals surface area contributed by atoms with Gasteiger partial charge in [0.15, 0.2) is 5.75 Å². The van der Waals surface area contributed by atoms with Crippen molar-refractivity contribution in [3.05, 3.63) is 28.6 Å². The maximum Gasteiger partial charge on any atom is 0.383 e. The largest absolute Gasteiger partial charge is 0.504 e. The number of hydrogen-bond acceptors (Lipinski definition) is 7. The van der Waals surface area contributed by atoms with Crippen LogP contribution in [0.4, 0.5) is 0 Å². The van der Waals surface area contributed by atoms with Crippen molar-refractivity contribution in [2.24, 2.45) is 0 Å². The number of fused-ring (bicyclic) bond motifs is 1. The second-order valence-corrected chi connectivity index (χ2v) is 6.74. The molecule has 1 heterocycles. The molecule has 0 unspecified atom stereocenters. The van der Waals surface area contributed by atoms with Gasteiger partial charge in [0.1, 0.15) is 11.3 Å². The molecule has 7 heteroatoms. The number of rotatable bonds is 13. The van der Waals surface area contributed by atoms with E-state index in [1.165, 1.54) is 25.3 Å². The van der Waals surface area contributed by atoms with Crippen molar-refractivity contribution in [1.29, 1.82) is 0 Å². The molecule has 1 aromatic heterocycles. The Morgan fingerprint density at radius 3 is 2.55 bits per heavy atom. The van der Waals surface area contributed by atoms with E-state index in [9.17, 15) is 14.7 Å². The van der Waals surface area contributed by atoms with E-state index < -0.39 is 5.63 Å². The summed E-state index contributed by atoms with van der Waals surface area (Å²) >= 11 is 0. The normalized spacial score (nSPS) is 10.8. The van der Waals surface area contributed by atoms with Crippen molar-refractivity contribution < 1.29 is 28.5 Å². The Bertz CT molecular complexity index is 841. The zero-order valence-electron chi connectivity index (χ0n) is 17.2. The molecule has 1 N–H and O–H groups in total. The van der Waals surface area contributed by atoms with Gasteiger partial charge in [0.05, 0.1) is 31.6 Å². The van der Waals surface area contributed by atoms with Crippen LogP contribution in [-0.2, 0) is 9.53 Å². The van der Waals surface area contributed by atoms with Gasteiger partial charge in [0.2, 0.25) is 5.75 Å². The number of carbonyl (C=O) groups is 1. The van der Waals surface area contributed by atoms with Crippen LogP contribution in [-0.4, -0.2) is 30.9 Å². The first kappa shape index (κ1) is 22.6. The predicted octanol–water partition coefficient (Wildman–Crippen LogP) is 4.57. The first-order valence-corrected chi connectivity index (χ1v) is 10.3. The summed E-state index contributed by atoms with van der Waals surface area (Å²) in [6.07, 6.45) is 6.67. The fourth-order valence-electron chi connectivity index (χ4n) is 2.91. The van der Waals surface area contributed by atoms with Crippen molar-refractivity contribution in [2.45, 2.75) is 58.8 Å². The smallest absolute Gasteiger partial charge is 0.383 e. The van der Waals surface area contributed by atoms with Gasteiger partial charge in [0.25, 0.3) is 0 Å². The lowest BCUT2D eigenvalue weighted by Crippen LogP contribution is -2.10. The fraction of sp³-hybridized carbons (Fsp3) is 0.545. The number of carbonyl (C=O) groups excluding carboxylic acids is 1. The van der Waals surface area contributed by atoms with Crippen LogP contribution < -0.4 is 15.1 Å². The Hall–Kier alpha value is -2.70. The number of esters is 1. The predicted molar refractivity (Wildman–Crippen MR) is 110 cm³/mol. The van der Waals surface area contributed by atoms with Crippen molar-refractivity contribution in [3.63, 3.8) is 0 Å². The van der Waals surface area contributed by atoms with E-state index in [0.29, 0.717) is 24.3 Å². The van der Waals surface area contributed by atoms with Gasteiger partial charge < -0.3 is 23.7 Å². The highest BCUT2D eigenvalue weighted by molar-refractivity contribution is 5.86. The summed E-state index contributed by atoms with van der Waals surface area (Å²) in [5, 5.41) is 10.8. The minimum atomic E-state index is -0.711. The van der Waals surface area contributed by atoms with Gasteiger partial charge in [-0.05, 0) is 31.5 Å². The Morgan fingerprint density at radius 2 is 1.79 bits per heavy atom. The monoisotopic (exact) mass is 406 g/mol. The molecule has 0 saturated carbocycles. The Balaban J connectivity index is 1.99. The first-order chi connectivity index (χ1) is 14.1. The van der Waals surface area contributed by atoms with Crippen molar-refractivity contribution in [3.8, 4) is 17.2 Å². The lowest BCUT2D eigenvalue weighted by molar-refractivity contribution is -0.143. The van der Waals surface area contributed by atoms with Gasteiger partial charge in [-0.1, -0.05) is 39.0 Å². The van der Waals surface area contributed by atoms with E-state index in [-0.39, 0.29) is 36.1 Å². The SMILES string of the molecule is CCCCCCCCOc1c(O)c2cc(OCCC(=O)OCC)ccc2oc1=O. The molecule has 0 bridgehead atoms. The molecule has 0 aliphatic carbocycles. The van der Waals surface area contributed by atoms with Crippen LogP contribution in [0, 0.1) is 0 Å². The summed E-state index contributed by atoms with van der Waals surface area (Å²) in [6.45, 7) is 4.71. The van der Waals surface area contributed by atoms with Gasteiger partial charge in [-0.25, -0.2) is 4.79 Å². The van der Waals surface area contributed by atoms with Crippen molar-refractivity contribution in [1.82, 2.24) is 0 Å². The molecular formula is C22H30O7. The summed E-state index contributed by atoms with van der Waals surface area (Å²) in [7, 11) is 0. The van der Waals surface area contributed by atoms with Crippen LogP contribution in [0.15, 0.2) is 27.4 Å². The maximum absolute atomic E-state index is 12.1. The van der Waals surface area contributed by atoms with E-state index in [1.807, 2.05) is 0 Å². The van der Waals surface area contributed by atoms with Gasteiger partial charge >= 0.3 is 11.6 Å². The molecule has 0 aliphatic heterocycles. The topological polar surface area (TPSA) is 95.2 Å². The maximum atomic E-state index is 12.1. The molecule has 160 valence electrons. The summed E-state index contributed by atoms with van der Waals surface area (Å²) in [4.78, 5) is 23.5. The molecular weight excluding hydrogens is 376 g/mol. The van der Waals surface area contributed by atoms with E-state index in [4.69, 9.17) is 18.6 Å². The molecule has 2 aromatic rings. The lowest BCUT2D eigenvalue weighted by Gasteiger charge is -2.10. The quantitative estimate of drug-likeness (QED) is 0.296. The summed E-state index contributed by atoms with van der Waals surface area (Å²) in [6, 6.07) is 4.69. The zero-order valence-corrected chi connectivity index (χ0v) is 17.2. The molecule has 0 saturated heterocycles. The van der Waals surface area contributed by atoms with Crippen LogP contribution in [0.5, 0.6) is 17.2 Å². The Labute approximate surface area is 170 Å². The van der Waals surface area contributed by atoms with Gasteiger partial charge in [0, 0.05) is 0 Å². The highest BCUT2D eigenvalue weighted by Gasteiger charge is 2.16. The highest BCUT2D eigenvalue weighted by atomic mass is 16.5. The molecule has 29 heavy (non-hydrogen) atoms. The molecule has 0 radical (unpaired) electrons. The number of aromatic hydroxyl groups is 1. The van der Waals surface area contributed by atoms with Crippen LogP contribution in [0.3, 0.4) is 0 Å². The summed E-state index contributed by atoms with van der Waals surface area (Å²) in [5.41, 5.74) is -0.478. The molecule has 0 amide bonds. The Morgan fingerprint density at radius 1 is 1.03 bits per heavy atom. The van der Waals surface area contributed by atoms with E-state index in [2.05, 4.69) is 6.92 Å². The van der Waals surface area contributed by atoms with Crippen LogP contribution in [0.2, 0.25) is 0 Å². The standard InChI is InChI=1S/C22H30O7/c1-3-5-6-7-8-9-13-28-21-20(24)17-15-16(10-11-18(17)29-22(21)25)27-14-12-19(23)26-4-2/h10-11,15,24H,3-9,12-14H2,1-2H3. The molecule has 0 fully saturated rings. The second-order valence-electron chi connectivity index (χ2n) is 6.74. The number of benzene rings is 1. The molecule has 7 nitrogen and oxygen atoms in total. The number of unbranched alkanes of at least 4 members (excludes halogenated alkanes) is 5. The van der Waals surface area contributed by atoms with Gasteiger partial charge in [-0.3, -0.25) is 4.79 Å². The third-order valence-corrected chi connectivity index (χ3v) is 4.43. The fourth-order valence-corrected chi connectivity index (χ4v) is 2.91. The Kier molecular flexibility index (Phi) is 9.34. The van der Waals surface area contributed by atoms with E-state index in [0.717, 1.165) is 19.3 Å².